The van der Waals surface area contributed by atoms with E-state index in [0.717, 1.165) is 0 Å². The molecule has 0 aliphatic rings. The second kappa shape index (κ2) is 3.93. The van der Waals surface area contributed by atoms with Crippen LogP contribution in [0.3, 0.4) is 0 Å². The molecule has 1 rings (SSSR count). The number of hydrogen-bond donors (Lipinski definition) is 1. The Bertz CT molecular complexity index is 319. The minimum Gasteiger partial charge on any atom is -0.370 e. The highest BCUT2D eigenvalue weighted by atomic mass is 35.5. The first kappa shape index (κ1) is 8.82. The first-order valence-electron chi connectivity index (χ1n) is 3.30. The summed E-state index contributed by atoms with van der Waals surface area (Å²) in [6.45, 7) is 0.0667. The van der Waals surface area contributed by atoms with Crippen LogP contribution in [0.5, 0.6) is 0 Å². The zero-order chi connectivity index (χ0) is 8.97. The molecule has 1 N–H and O–H groups in total. The molecule has 2 nitrogen and oxygen atoms in total. The van der Waals surface area contributed by atoms with Crippen molar-refractivity contribution >= 4 is 17.3 Å². The van der Waals surface area contributed by atoms with Crippen LogP contribution in [0, 0.1) is 17.1 Å². The quantitative estimate of drug-likeness (QED) is 0.717. The van der Waals surface area contributed by atoms with Gasteiger partial charge in [-0.15, -0.1) is 0 Å². The largest absolute Gasteiger partial charge is 0.370 e. The lowest BCUT2D eigenvalue weighted by Crippen LogP contribution is -2.00. The molecule has 4 heteroatoms. The van der Waals surface area contributed by atoms with Gasteiger partial charge in [-0.25, -0.2) is 4.39 Å². The lowest BCUT2D eigenvalue weighted by atomic mass is 10.3. The van der Waals surface area contributed by atoms with Crippen LogP contribution < -0.4 is 5.32 Å². The van der Waals surface area contributed by atoms with Crippen LogP contribution in [0.4, 0.5) is 10.1 Å². The lowest BCUT2D eigenvalue weighted by Gasteiger charge is -2.03. The highest BCUT2D eigenvalue weighted by molar-refractivity contribution is 6.31. The normalized spacial score (nSPS) is 9.08. The molecule has 1 aromatic carbocycles. The Morgan fingerprint density at radius 2 is 2.33 bits per heavy atom. The fraction of sp³-hybridized carbons (Fsp3) is 0.125. The van der Waals surface area contributed by atoms with Gasteiger partial charge in [0.2, 0.25) is 0 Å². The predicted octanol–water partition coefficient (Wildman–Crippen LogP) is 2.41. The summed E-state index contributed by atoms with van der Waals surface area (Å²) in [6, 6.07) is 6.44. The summed E-state index contributed by atoms with van der Waals surface area (Å²) in [4.78, 5) is 0. The fourth-order valence-electron chi connectivity index (χ4n) is 0.775. The van der Waals surface area contributed by atoms with Crippen molar-refractivity contribution in [3.05, 3.63) is 29.0 Å². The van der Waals surface area contributed by atoms with Gasteiger partial charge >= 0.3 is 0 Å². The number of nitrogens with zero attached hydrogens (tertiary/aromatic N) is 1. The Labute approximate surface area is 74.6 Å². The molecule has 0 saturated heterocycles. The molecule has 0 aliphatic carbocycles. The molecule has 0 fully saturated rings. The molecule has 0 atom stereocenters. The Hall–Kier alpha value is -1.27. The maximum Gasteiger partial charge on any atom is 0.164 e. The summed E-state index contributed by atoms with van der Waals surface area (Å²) in [6.07, 6.45) is 0. The van der Waals surface area contributed by atoms with Crippen molar-refractivity contribution in [3.8, 4) is 6.07 Å². The summed E-state index contributed by atoms with van der Waals surface area (Å²) in [7, 11) is 0. The first-order chi connectivity index (χ1) is 5.75. The van der Waals surface area contributed by atoms with Gasteiger partial charge in [-0.05, 0) is 12.1 Å². The van der Waals surface area contributed by atoms with Crippen LogP contribution in [0.1, 0.15) is 0 Å². The molecule has 0 amide bonds. The summed E-state index contributed by atoms with van der Waals surface area (Å²) in [5.74, 6) is -0.519. The molecular weight excluding hydrogens is 179 g/mol. The smallest absolute Gasteiger partial charge is 0.164 e. The van der Waals surface area contributed by atoms with E-state index >= 15 is 0 Å². The number of hydrogen-bond acceptors (Lipinski definition) is 2. The number of anilines is 1. The van der Waals surface area contributed by atoms with Gasteiger partial charge in [0.15, 0.2) is 5.82 Å². The third kappa shape index (κ3) is 1.86. The van der Waals surface area contributed by atoms with Crippen LogP contribution in [-0.2, 0) is 0 Å². The van der Waals surface area contributed by atoms with Crippen LogP contribution in [0.15, 0.2) is 18.2 Å². The average molecular weight is 185 g/mol. The number of nitriles is 1. The van der Waals surface area contributed by atoms with Crippen molar-refractivity contribution in [3.63, 3.8) is 0 Å². The van der Waals surface area contributed by atoms with E-state index in [-0.39, 0.29) is 17.3 Å². The predicted molar refractivity (Wildman–Crippen MR) is 45.5 cm³/mol. The van der Waals surface area contributed by atoms with Gasteiger partial charge in [-0.3, -0.25) is 0 Å². The van der Waals surface area contributed by atoms with E-state index in [0.29, 0.717) is 0 Å². The molecule has 0 aliphatic heterocycles. The second-order valence-corrected chi connectivity index (χ2v) is 2.52. The van der Waals surface area contributed by atoms with E-state index in [1.54, 1.807) is 6.07 Å². The number of rotatable bonds is 2. The Kier molecular flexibility index (Phi) is 2.89. The lowest BCUT2D eigenvalue weighted by molar-refractivity contribution is 0.631. The van der Waals surface area contributed by atoms with E-state index in [2.05, 4.69) is 5.32 Å². The summed E-state index contributed by atoms with van der Waals surface area (Å²) < 4.78 is 13.0. The minimum absolute atomic E-state index is 0.0536. The van der Waals surface area contributed by atoms with Gasteiger partial charge in [-0.2, -0.15) is 5.26 Å². The summed E-state index contributed by atoms with van der Waals surface area (Å²) in [5, 5.41) is 10.9. The summed E-state index contributed by atoms with van der Waals surface area (Å²) in [5.41, 5.74) is 0.254. The monoisotopic (exact) mass is 184 g/mol. The average Bonchev–Trinajstić information content (AvgIpc) is 2.08. The molecule has 1 aromatic rings. The van der Waals surface area contributed by atoms with Crippen molar-refractivity contribution in [2.45, 2.75) is 0 Å². The van der Waals surface area contributed by atoms with Crippen LogP contribution in [0.25, 0.3) is 0 Å². The summed E-state index contributed by atoms with van der Waals surface area (Å²) >= 11 is 5.49. The Morgan fingerprint density at radius 3 is 3.00 bits per heavy atom. The van der Waals surface area contributed by atoms with E-state index in [1.807, 2.05) is 6.07 Å². The maximum atomic E-state index is 13.0. The fourth-order valence-corrected chi connectivity index (χ4v) is 0.950. The minimum atomic E-state index is -0.519. The molecule has 0 aromatic heterocycles. The van der Waals surface area contributed by atoms with Crippen molar-refractivity contribution in [1.82, 2.24) is 0 Å². The van der Waals surface area contributed by atoms with Crippen LogP contribution in [0.2, 0.25) is 5.02 Å². The molecule has 0 radical (unpaired) electrons. The number of halogens is 2. The topological polar surface area (TPSA) is 35.8 Å². The van der Waals surface area contributed by atoms with E-state index in [1.165, 1.54) is 12.1 Å². The van der Waals surface area contributed by atoms with Crippen LogP contribution in [-0.4, -0.2) is 6.54 Å². The van der Waals surface area contributed by atoms with Gasteiger partial charge in [-0.1, -0.05) is 17.7 Å². The van der Waals surface area contributed by atoms with Gasteiger partial charge in [0.25, 0.3) is 0 Å². The molecule has 0 bridgehead atoms. The molecule has 0 unspecified atom stereocenters. The standard InChI is InChI=1S/C8H6ClFN2/c9-6-2-1-3-7(8(6)10)12-5-4-11/h1-3,12H,5H2. The zero-order valence-electron chi connectivity index (χ0n) is 6.14. The SMILES string of the molecule is N#CCNc1cccc(Cl)c1F. The Balaban J connectivity index is 2.86. The molecule has 0 heterocycles. The molecule has 12 heavy (non-hydrogen) atoms. The third-order valence-corrected chi connectivity index (χ3v) is 1.60. The van der Waals surface area contributed by atoms with Gasteiger partial charge < -0.3 is 5.32 Å². The highest BCUT2D eigenvalue weighted by Gasteiger charge is 2.03. The molecule has 0 saturated carbocycles. The Morgan fingerprint density at radius 1 is 1.58 bits per heavy atom. The van der Waals surface area contributed by atoms with Crippen molar-refractivity contribution in [2.24, 2.45) is 0 Å². The second-order valence-electron chi connectivity index (χ2n) is 2.11. The van der Waals surface area contributed by atoms with Gasteiger partial charge in [0, 0.05) is 0 Å². The number of nitrogens with one attached hydrogen (secondary N) is 1. The van der Waals surface area contributed by atoms with E-state index < -0.39 is 5.82 Å². The number of benzene rings is 1. The van der Waals surface area contributed by atoms with Crippen molar-refractivity contribution in [1.29, 1.82) is 5.26 Å². The molecule has 0 spiro atoms. The van der Waals surface area contributed by atoms with Gasteiger partial charge in [0.1, 0.15) is 6.54 Å². The molecule has 62 valence electrons. The maximum absolute atomic E-state index is 13.0. The van der Waals surface area contributed by atoms with E-state index in [4.69, 9.17) is 16.9 Å². The highest BCUT2D eigenvalue weighted by Crippen LogP contribution is 2.21. The zero-order valence-corrected chi connectivity index (χ0v) is 6.90. The first-order valence-corrected chi connectivity index (χ1v) is 3.68. The third-order valence-electron chi connectivity index (χ3n) is 1.31. The van der Waals surface area contributed by atoms with Gasteiger partial charge in [0.05, 0.1) is 16.8 Å². The molecular formula is C8H6ClFN2. The van der Waals surface area contributed by atoms with Crippen LogP contribution >= 0.6 is 11.6 Å². The van der Waals surface area contributed by atoms with Crippen molar-refractivity contribution < 1.29 is 4.39 Å². The van der Waals surface area contributed by atoms with E-state index in [9.17, 15) is 4.39 Å². The van der Waals surface area contributed by atoms with Crippen molar-refractivity contribution in [2.75, 3.05) is 11.9 Å².